The second kappa shape index (κ2) is 6.10. The van der Waals surface area contributed by atoms with Crippen molar-refractivity contribution in [2.45, 2.75) is 13.8 Å². The number of carboxylic acid groups (broad SMARTS) is 1. The van der Waals surface area contributed by atoms with Crippen molar-refractivity contribution in [1.29, 1.82) is 0 Å². The number of carboxylic acids is 1. The van der Waals surface area contributed by atoms with E-state index >= 15 is 0 Å². The summed E-state index contributed by atoms with van der Waals surface area (Å²) >= 11 is 0. The molecular formula is C10H14O5S. The standard InChI is InChI=1S/C8H10O2.C2H4O3S/c1-5-8(3,4)6(2)7(9)10;1-2-6(3,4)5/h1H,2H2,3-4H3,(H,9,10);2H,1H2,(H,3,4,5). The molecule has 2 N–H and O–H groups in total. The Morgan fingerprint density at radius 1 is 1.50 bits per heavy atom. The second-order valence-corrected chi connectivity index (χ2v) is 4.60. The van der Waals surface area contributed by atoms with E-state index < -0.39 is 21.5 Å². The molecular weight excluding hydrogens is 232 g/mol. The Morgan fingerprint density at radius 2 is 1.81 bits per heavy atom. The summed E-state index contributed by atoms with van der Waals surface area (Å²) in [7, 11) is -3.90. The first-order valence-corrected chi connectivity index (χ1v) is 5.48. The molecule has 0 aromatic carbocycles. The Bertz CT molecular complexity index is 411. The highest BCUT2D eigenvalue weighted by Crippen LogP contribution is 2.22. The summed E-state index contributed by atoms with van der Waals surface area (Å²) in [5.74, 6) is 1.30. The van der Waals surface area contributed by atoms with Gasteiger partial charge in [-0.1, -0.05) is 19.1 Å². The van der Waals surface area contributed by atoms with Crippen LogP contribution in [-0.2, 0) is 14.9 Å². The molecule has 0 radical (unpaired) electrons. The van der Waals surface area contributed by atoms with Gasteiger partial charge in [0.2, 0.25) is 0 Å². The van der Waals surface area contributed by atoms with Crippen molar-refractivity contribution in [2.24, 2.45) is 5.41 Å². The van der Waals surface area contributed by atoms with Gasteiger partial charge in [-0.3, -0.25) is 4.55 Å². The van der Waals surface area contributed by atoms with E-state index in [1.807, 2.05) is 0 Å². The zero-order valence-electron chi connectivity index (χ0n) is 9.10. The summed E-state index contributed by atoms with van der Waals surface area (Å²) in [6.45, 7) is 9.43. The van der Waals surface area contributed by atoms with Crippen LogP contribution in [0.5, 0.6) is 0 Å². The predicted octanol–water partition coefficient (Wildman–Crippen LogP) is 1.30. The van der Waals surface area contributed by atoms with Crippen LogP contribution in [0, 0.1) is 17.8 Å². The highest BCUT2D eigenvalue weighted by atomic mass is 32.2. The fourth-order valence-electron chi connectivity index (χ4n) is 0.354. The fourth-order valence-corrected chi connectivity index (χ4v) is 0.354. The summed E-state index contributed by atoms with van der Waals surface area (Å²) in [6.07, 6.45) is 5.07. The number of rotatable bonds is 3. The van der Waals surface area contributed by atoms with E-state index in [2.05, 4.69) is 19.1 Å². The van der Waals surface area contributed by atoms with Crippen LogP contribution in [0.25, 0.3) is 0 Å². The van der Waals surface area contributed by atoms with Gasteiger partial charge in [0, 0.05) is 5.57 Å². The Balaban J connectivity index is 0. The van der Waals surface area contributed by atoms with Crippen LogP contribution >= 0.6 is 0 Å². The van der Waals surface area contributed by atoms with Gasteiger partial charge >= 0.3 is 5.97 Å². The number of aliphatic carboxylic acids is 1. The molecule has 6 heteroatoms. The summed E-state index contributed by atoms with van der Waals surface area (Å²) < 4.78 is 26.6. The van der Waals surface area contributed by atoms with Gasteiger partial charge < -0.3 is 5.11 Å². The quantitative estimate of drug-likeness (QED) is 0.445. The van der Waals surface area contributed by atoms with Crippen molar-refractivity contribution in [3.63, 3.8) is 0 Å². The van der Waals surface area contributed by atoms with Crippen LogP contribution in [0.3, 0.4) is 0 Å². The molecule has 90 valence electrons. The van der Waals surface area contributed by atoms with Crippen molar-refractivity contribution in [3.05, 3.63) is 24.1 Å². The van der Waals surface area contributed by atoms with Gasteiger partial charge in [-0.2, -0.15) is 8.42 Å². The lowest BCUT2D eigenvalue weighted by Crippen LogP contribution is -2.17. The van der Waals surface area contributed by atoms with E-state index in [1.54, 1.807) is 13.8 Å². The smallest absolute Gasteiger partial charge is 0.332 e. The average Bonchev–Trinajstić information content (AvgIpc) is 2.16. The van der Waals surface area contributed by atoms with E-state index in [9.17, 15) is 13.2 Å². The molecule has 0 spiro atoms. The Morgan fingerprint density at radius 3 is 1.88 bits per heavy atom. The second-order valence-electron chi connectivity index (χ2n) is 3.23. The molecule has 0 amide bonds. The minimum absolute atomic E-state index is 0.0509. The minimum atomic E-state index is -3.90. The molecule has 0 aromatic heterocycles. The van der Waals surface area contributed by atoms with Gasteiger partial charge in [-0.25, -0.2) is 4.79 Å². The fraction of sp³-hybridized carbons (Fsp3) is 0.300. The predicted molar refractivity (Wildman–Crippen MR) is 61.1 cm³/mol. The number of hydrogen-bond acceptors (Lipinski definition) is 3. The molecule has 0 atom stereocenters. The van der Waals surface area contributed by atoms with E-state index in [4.69, 9.17) is 16.1 Å². The molecule has 16 heavy (non-hydrogen) atoms. The number of terminal acetylenes is 1. The Kier molecular flexibility index (Phi) is 6.42. The van der Waals surface area contributed by atoms with E-state index in [-0.39, 0.29) is 5.57 Å². The number of carbonyl (C=O) groups is 1. The van der Waals surface area contributed by atoms with Gasteiger partial charge in [0.15, 0.2) is 0 Å². The summed E-state index contributed by atoms with van der Waals surface area (Å²) in [5.41, 5.74) is -0.693. The van der Waals surface area contributed by atoms with E-state index in [0.717, 1.165) is 0 Å². The van der Waals surface area contributed by atoms with Crippen LogP contribution in [0.15, 0.2) is 24.1 Å². The molecule has 5 nitrogen and oxygen atoms in total. The molecule has 0 aromatic rings. The van der Waals surface area contributed by atoms with Crippen molar-refractivity contribution < 1.29 is 22.9 Å². The Labute approximate surface area is 95.2 Å². The van der Waals surface area contributed by atoms with Crippen LogP contribution in [-0.4, -0.2) is 24.0 Å². The van der Waals surface area contributed by atoms with Crippen LogP contribution in [0.2, 0.25) is 0 Å². The lowest BCUT2D eigenvalue weighted by Gasteiger charge is -2.16. The molecule has 0 saturated carbocycles. The van der Waals surface area contributed by atoms with Gasteiger partial charge in [0.05, 0.1) is 10.8 Å². The highest BCUT2D eigenvalue weighted by molar-refractivity contribution is 7.88. The molecule has 0 fully saturated rings. The maximum absolute atomic E-state index is 10.3. The summed E-state index contributed by atoms with van der Waals surface area (Å²) in [6, 6.07) is 0. The molecule has 0 aliphatic rings. The third-order valence-corrected chi connectivity index (χ3v) is 2.01. The van der Waals surface area contributed by atoms with E-state index in [0.29, 0.717) is 5.41 Å². The zero-order valence-corrected chi connectivity index (χ0v) is 9.91. The van der Waals surface area contributed by atoms with Crippen molar-refractivity contribution in [3.8, 4) is 12.3 Å². The van der Waals surface area contributed by atoms with Crippen LogP contribution in [0.1, 0.15) is 13.8 Å². The lowest BCUT2D eigenvalue weighted by atomic mass is 9.86. The van der Waals surface area contributed by atoms with Crippen molar-refractivity contribution in [2.75, 3.05) is 0 Å². The maximum atomic E-state index is 10.3. The largest absolute Gasteiger partial charge is 0.478 e. The summed E-state index contributed by atoms with van der Waals surface area (Å²) in [4.78, 5) is 10.3. The van der Waals surface area contributed by atoms with Crippen LogP contribution in [0.4, 0.5) is 0 Å². The monoisotopic (exact) mass is 246 g/mol. The normalized spacial score (nSPS) is 10.4. The minimum Gasteiger partial charge on any atom is -0.478 e. The number of hydrogen-bond donors (Lipinski definition) is 2. The molecule has 0 aliphatic carbocycles. The third-order valence-electron chi connectivity index (χ3n) is 1.58. The van der Waals surface area contributed by atoms with Gasteiger partial charge in [0.25, 0.3) is 10.1 Å². The van der Waals surface area contributed by atoms with Gasteiger partial charge in [-0.05, 0) is 13.8 Å². The van der Waals surface area contributed by atoms with Crippen LogP contribution < -0.4 is 0 Å². The molecule has 0 saturated heterocycles. The maximum Gasteiger partial charge on any atom is 0.332 e. The molecule has 0 heterocycles. The first-order valence-electron chi connectivity index (χ1n) is 3.98. The van der Waals surface area contributed by atoms with Gasteiger partial charge in [-0.15, -0.1) is 6.42 Å². The first kappa shape index (κ1) is 16.8. The highest BCUT2D eigenvalue weighted by Gasteiger charge is 2.23. The summed E-state index contributed by atoms with van der Waals surface area (Å²) in [5, 5.41) is 8.92. The van der Waals surface area contributed by atoms with Crippen molar-refractivity contribution >= 4 is 16.1 Å². The zero-order chi connectivity index (χ0) is 13.6. The SMILES string of the molecule is C#CC(C)(C)C(=C)C(=O)O.C=CS(=O)(=O)O. The van der Waals surface area contributed by atoms with E-state index in [1.165, 1.54) is 0 Å². The first-order chi connectivity index (χ1) is 6.98. The molecule has 0 aliphatic heterocycles. The topological polar surface area (TPSA) is 91.7 Å². The molecule has 0 bridgehead atoms. The van der Waals surface area contributed by atoms with Crippen molar-refractivity contribution in [1.82, 2.24) is 0 Å². The third kappa shape index (κ3) is 7.79. The Hall–Kier alpha value is -1.58. The van der Waals surface area contributed by atoms with Gasteiger partial charge in [0.1, 0.15) is 0 Å². The molecule has 0 rings (SSSR count). The lowest BCUT2D eigenvalue weighted by molar-refractivity contribution is -0.133. The average molecular weight is 246 g/mol. The molecule has 0 unspecified atom stereocenters.